The first-order valence-corrected chi connectivity index (χ1v) is 9.83. The number of rotatable bonds is 5. The van der Waals surface area contributed by atoms with E-state index in [0.29, 0.717) is 13.0 Å². The molecule has 1 heterocycles. The molecule has 6 nitrogen and oxygen atoms in total. The lowest BCUT2D eigenvalue weighted by atomic mass is 10.1. The highest BCUT2D eigenvalue weighted by Crippen LogP contribution is 2.24. The number of amides is 1. The van der Waals surface area contributed by atoms with E-state index in [9.17, 15) is 26.4 Å². The Hall–Kier alpha value is -2.08. The van der Waals surface area contributed by atoms with Crippen LogP contribution in [0.3, 0.4) is 0 Å². The van der Waals surface area contributed by atoms with Gasteiger partial charge in [0.1, 0.15) is 4.90 Å². The van der Waals surface area contributed by atoms with Crippen LogP contribution in [0.1, 0.15) is 22.3 Å². The van der Waals surface area contributed by atoms with Crippen molar-refractivity contribution in [1.82, 2.24) is 4.72 Å². The number of halogens is 3. The molecule has 158 valence electrons. The summed E-state index contributed by atoms with van der Waals surface area (Å²) >= 11 is 0. The van der Waals surface area contributed by atoms with Gasteiger partial charge in [-0.15, -0.1) is 0 Å². The molecule has 0 unspecified atom stereocenters. The zero-order chi connectivity index (χ0) is 20.5. The summed E-state index contributed by atoms with van der Waals surface area (Å²) in [6, 6.07) is 4.53. The Morgan fingerprint density at radius 3 is 2.48 bits per heavy atom. The lowest BCUT2D eigenvalue weighted by Gasteiger charge is -2.15. The second kappa shape index (κ2) is 9.16. The molecule has 2 aromatic rings. The summed E-state index contributed by atoms with van der Waals surface area (Å²) < 4.78 is 73.7. The maximum Gasteiger partial charge on any atom is 0.258 e. The minimum atomic E-state index is -4.23. The number of sulfonamides is 1. The maximum absolute atomic E-state index is 15.0. The third kappa shape index (κ3) is 5.10. The van der Waals surface area contributed by atoms with Gasteiger partial charge in [0.2, 0.25) is 10.0 Å². The van der Waals surface area contributed by atoms with E-state index in [0.717, 1.165) is 24.3 Å². The van der Waals surface area contributed by atoms with Crippen molar-refractivity contribution in [3.8, 4) is 0 Å². The first-order valence-electron chi connectivity index (χ1n) is 8.34. The van der Waals surface area contributed by atoms with E-state index >= 15 is 0 Å². The summed E-state index contributed by atoms with van der Waals surface area (Å²) in [6.45, 7) is 2.00. The Labute approximate surface area is 172 Å². The van der Waals surface area contributed by atoms with E-state index in [-0.39, 0.29) is 31.4 Å². The predicted molar refractivity (Wildman–Crippen MR) is 105 cm³/mol. The van der Waals surface area contributed by atoms with Gasteiger partial charge in [0.15, 0.2) is 17.5 Å². The molecule has 0 bridgehead atoms. The van der Waals surface area contributed by atoms with Crippen LogP contribution in [0.15, 0.2) is 35.2 Å². The van der Waals surface area contributed by atoms with Gasteiger partial charge >= 0.3 is 0 Å². The normalized spacial score (nSPS) is 16.3. The minimum absolute atomic E-state index is 0. The molecule has 0 aliphatic carbocycles. The average Bonchev–Trinajstić information content (AvgIpc) is 3.10. The lowest BCUT2D eigenvalue weighted by Crippen LogP contribution is -2.35. The quantitative estimate of drug-likeness (QED) is 0.737. The van der Waals surface area contributed by atoms with Crippen molar-refractivity contribution in [2.75, 3.05) is 18.5 Å². The molecular formula is C18H19F3N2O4S2. The number of ether oxygens (including phenoxy) is 1. The van der Waals surface area contributed by atoms with Crippen LogP contribution in [0.5, 0.6) is 0 Å². The Bertz CT molecular complexity index is 1030. The molecular weight excluding hydrogens is 429 g/mol. The van der Waals surface area contributed by atoms with Crippen LogP contribution in [0, 0.1) is 24.4 Å². The Kier molecular flexibility index (Phi) is 7.33. The van der Waals surface area contributed by atoms with Gasteiger partial charge in [-0.05, 0) is 37.1 Å². The molecule has 11 heteroatoms. The number of benzene rings is 2. The zero-order valence-electron chi connectivity index (χ0n) is 15.3. The fourth-order valence-corrected chi connectivity index (χ4v) is 4.15. The first kappa shape index (κ1) is 23.2. The molecule has 1 saturated heterocycles. The van der Waals surface area contributed by atoms with E-state index in [1.165, 1.54) is 13.0 Å². The van der Waals surface area contributed by atoms with Gasteiger partial charge in [-0.25, -0.2) is 26.3 Å². The van der Waals surface area contributed by atoms with Crippen molar-refractivity contribution in [2.45, 2.75) is 24.3 Å². The SMILES string of the molecule is Cc1ccc(S(=O)(=O)N[C@H]2CCOC2)c(F)c1C(=O)Nc1ccc(F)c(F)c1.S. The van der Waals surface area contributed by atoms with Crippen molar-refractivity contribution in [1.29, 1.82) is 0 Å². The molecule has 1 aliphatic rings. The molecule has 2 aromatic carbocycles. The number of anilines is 1. The van der Waals surface area contributed by atoms with Gasteiger partial charge in [0.05, 0.1) is 12.2 Å². The van der Waals surface area contributed by atoms with Crippen molar-refractivity contribution in [3.63, 3.8) is 0 Å². The van der Waals surface area contributed by atoms with E-state index in [1.54, 1.807) is 0 Å². The van der Waals surface area contributed by atoms with Crippen molar-refractivity contribution >= 4 is 35.1 Å². The second-order valence-electron chi connectivity index (χ2n) is 6.33. The smallest absolute Gasteiger partial charge is 0.258 e. The van der Waals surface area contributed by atoms with Gasteiger partial charge in [-0.3, -0.25) is 4.79 Å². The Morgan fingerprint density at radius 2 is 1.86 bits per heavy atom. The molecule has 0 saturated carbocycles. The van der Waals surface area contributed by atoms with Crippen LogP contribution in [0.4, 0.5) is 18.9 Å². The molecule has 0 aromatic heterocycles. The van der Waals surface area contributed by atoms with Gasteiger partial charge in [-0.1, -0.05) is 6.07 Å². The lowest BCUT2D eigenvalue weighted by molar-refractivity contribution is 0.102. The maximum atomic E-state index is 15.0. The number of aryl methyl sites for hydroxylation is 1. The van der Waals surface area contributed by atoms with Crippen molar-refractivity contribution in [3.05, 3.63) is 58.9 Å². The van der Waals surface area contributed by atoms with Gasteiger partial charge in [0.25, 0.3) is 5.91 Å². The van der Waals surface area contributed by atoms with Crippen LogP contribution < -0.4 is 10.0 Å². The summed E-state index contributed by atoms with van der Waals surface area (Å²) in [5.74, 6) is -4.50. The van der Waals surface area contributed by atoms with Crippen LogP contribution in [-0.2, 0) is 14.8 Å². The summed E-state index contributed by atoms with van der Waals surface area (Å²) in [6.07, 6.45) is 0.455. The van der Waals surface area contributed by atoms with Gasteiger partial charge < -0.3 is 10.1 Å². The molecule has 3 rings (SSSR count). The third-order valence-corrected chi connectivity index (χ3v) is 5.80. The van der Waals surface area contributed by atoms with Gasteiger partial charge in [-0.2, -0.15) is 13.5 Å². The summed E-state index contributed by atoms with van der Waals surface area (Å²) in [5, 5.41) is 2.24. The zero-order valence-corrected chi connectivity index (χ0v) is 17.1. The fraction of sp³-hybridized carbons (Fsp3) is 0.278. The van der Waals surface area contributed by atoms with Crippen LogP contribution in [0.25, 0.3) is 0 Å². The average molecular weight is 448 g/mol. The molecule has 1 amide bonds. The molecule has 0 radical (unpaired) electrons. The molecule has 1 fully saturated rings. The molecule has 0 spiro atoms. The second-order valence-corrected chi connectivity index (χ2v) is 8.02. The number of hydrogen-bond donors (Lipinski definition) is 2. The summed E-state index contributed by atoms with van der Waals surface area (Å²) in [7, 11) is -4.23. The topological polar surface area (TPSA) is 84.5 Å². The number of nitrogens with one attached hydrogen (secondary N) is 2. The minimum Gasteiger partial charge on any atom is -0.380 e. The van der Waals surface area contributed by atoms with Crippen molar-refractivity contribution < 1.29 is 31.1 Å². The van der Waals surface area contributed by atoms with E-state index in [2.05, 4.69) is 10.0 Å². The predicted octanol–water partition coefficient (Wildman–Crippen LogP) is 2.84. The third-order valence-electron chi connectivity index (χ3n) is 4.26. The first-order chi connectivity index (χ1) is 13.2. The highest BCUT2D eigenvalue weighted by Gasteiger charge is 2.29. The fourth-order valence-electron chi connectivity index (χ4n) is 2.82. The van der Waals surface area contributed by atoms with Crippen LogP contribution in [-0.4, -0.2) is 33.6 Å². The highest BCUT2D eigenvalue weighted by atomic mass is 32.2. The monoisotopic (exact) mass is 448 g/mol. The van der Waals surface area contributed by atoms with E-state index in [4.69, 9.17) is 4.74 Å². The van der Waals surface area contributed by atoms with Crippen LogP contribution in [0.2, 0.25) is 0 Å². The Morgan fingerprint density at radius 1 is 1.14 bits per heavy atom. The highest BCUT2D eigenvalue weighted by molar-refractivity contribution is 7.89. The summed E-state index contributed by atoms with van der Waals surface area (Å²) in [4.78, 5) is 11.8. The Balaban J connectivity index is 0.00000300. The largest absolute Gasteiger partial charge is 0.380 e. The van der Waals surface area contributed by atoms with Crippen molar-refractivity contribution in [2.24, 2.45) is 0 Å². The molecule has 2 N–H and O–H groups in total. The van der Waals surface area contributed by atoms with E-state index < -0.39 is 49.9 Å². The van der Waals surface area contributed by atoms with Gasteiger partial charge in [0, 0.05) is 24.4 Å². The molecule has 1 aliphatic heterocycles. The molecule has 29 heavy (non-hydrogen) atoms. The number of carbonyl (C=O) groups is 1. The number of hydrogen-bond acceptors (Lipinski definition) is 4. The van der Waals surface area contributed by atoms with E-state index in [1.807, 2.05) is 0 Å². The summed E-state index contributed by atoms with van der Waals surface area (Å²) in [5.41, 5.74) is -0.423. The molecule has 1 atom stereocenters. The van der Waals surface area contributed by atoms with Crippen LogP contribution >= 0.6 is 13.5 Å². The number of carbonyl (C=O) groups excluding carboxylic acids is 1. The standard InChI is InChI=1S/C18H17F3N2O4S.H2S/c1-10-2-5-15(28(25,26)23-12-6-7-27-9-12)17(21)16(10)18(24)22-11-3-4-13(19)14(20)8-11;/h2-5,8,12,23H,6-7,9H2,1H3,(H,22,24);1H2/t12-;/m0./s1.